The first kappa shape index (κ1) is 13.9. The fourth-order valence-corrected chi connectivity index (χ4v) is 1.82. The molecular formula is C14H17N3O3. The van der Waals surface area contributed by atoms with E-state index in [0.717, 1.165) is 5.56 Å². The molecular weight excluding hydrogens is 258 g/mol. The molecule has 3 amide bonds. The van der Waals surface area contributed by atoms with Gasteiger partial charge in [-0.15, -0.1) is 6.58 Å². The van der Waals surface area contributed by atoms with Gasteiger partial charge < -0.3 is 20.3 Å². The van der Waals surface area contributed by atoms with Gasteiger partial charge in [0.05, 0.1) is 6.54 Å². The third-order valence-electron chi connectivity index (χ3n) is 2.84. The summed E-state index contributed by atoms with van der Waals surface area (Å²) in [7, 11) is 0. The Morgan fingerprint density at radius 1 is 1.40 bits per heavy atom. The number of carbonyl (C=O) groups is 2. The highest BCUT2D eigenvalue weighted by Gasteiger charge is 2.21. The topological polar surface area (TPSA) is 70.7 Å². The van der Waals surface area contributed by atoms with Gasteiger partial charge in [-0.05, 0) is 17.7 Å². The van der Waals surface area contributed by atoms with Crippen molar-refractivity contribution in [1.82, 2.24) is 10.2 Å². The van der Waals surface area contributed by atoms with Crippen molar-refractivity contribution in [1.29, 1.82) is 0 Å². The molecule has 0 saturated carbocycles. The highest BCUT2D eigenvalue weighted by Crippen LogP contribution is 2.13. The standard InChI is InChI=1S/C14H17N3O3/c1-2-7-15-13(18)16-12-5-3-11(4-6-12)10-17-8-9-20-14(17)19/h2-6H,1,7-10H2,(H2,15,16,18). The number of ether oxygens (including phenoxy) is 1. The third-order valence-corrected chi connectivity index (χ3v) is 2.84. The molecule has 2 rings (SSSR count). The average molecular weight is 275 g/mol. The Kier molecular flexibility index (Phi) is 4.60. The molecule has 106 valence electrons. The van der Waals surface area contributed by atoms with Gasteiger partial charge in [-0.1, -0.05) is 18.2 Å². The Morgan fingerprint density at radius 3 is 2.75 bits per heavy atom. The molecule has 2 N–H and O–H groups in total. The van der Waals surface area contributed by atoms with Gasteiger partial charge in [-0.2, -0.15) is 0 Å². The summed E-state index contributed by atoms with van der Waals surface area (Å²) in [6, 6.07) is 7.05. The molecule has 0 spiro atoms. The number of hydrogen-bond donors (Lipinski definition) is 2. The van der Waals surface area contributed by atoms with Crippen LogP contribution in [0.3, 0.4) is 0 Å². The lowest BCUT2D eigenvalue weighted by Crippen LogP contribution is -2.28. The molecule has 1 aliphatic heterocycles. The minimum absolute atomic E-state index is 0.277. The maximum absolute atomic E-state index is 11.4. The zero-order chi connectivity index (χ0) is 14.4. The number of urea groups is 1. The van der Waals surface area contributed by atoms with Gasteiger partial charge in [-0.25, -0.2) is 9.59 Å². The van der Waals surface area contributed by atoms with Gasteiger partial charge in [-0.3, -0.25) is 0 Å². The Bertz CT molecular complexity index is 499. The van der Waals surface area contributed by atoms with Crippen LogP contribution in [0, 0.1) is 0 Å². The Balaban J connectivity index is 1.87. The largest absolute Gasteiger partial charge is 0.448 e. The van der Waals surface area contributed by atoms with Crippen LogP contribution in [0.15, 0.2) is 36.9 Å². The smallest absolute Gasteiger partial charge is 0.410 e. The van der Waals surface area contributed by atoms with Crippen molar-refractivity contribution < 1.29 is 14.3 Å². The number of hydrogen-bond acceptors (Lipinski definition) is 3. The minimum atomic E-state index is -0.281. The number of amides is 3. The summed E-state index contributed by atoms with van der Waals surface area (Å²) in [5.74, 6) is 0. The maximum atomic E-state index is 11.4. The number of rotatable bonds is 5. The van der Waals surface area contributed by atoms with Gasteiger partial charge in [0.1, 0.15) is 6.61 Å². The fraction of sp³-hybridized carbons (Fsp3) is 0.286. The van der Waals surface area contributed by atoms with E-state index in [2.05, 4.69) is 17.2 Å². The van der Waals surface area contributed by atoms with Crippen LogP contribution in [0.5, 0.6) is 0 Å². The number of benzene rings is 1. The Hall–Kier alpha value is -2.50. The van der Waals surface area contributed by atoms with E-state index in [0.29, 0.717) is 31.9 Å². The number of nitrogens with zero attached hydrogens (tertiary/aromatic N) is 1. The van der Waals surface area contributed by atoms with Crippen molar-refractivity contribution >= 4 is 17.8 Å². The molecule has 6 nitrogen and oxygen atoms in total. The second-order valence-corrected chi connectivity index (χ2v) is 4.36. The Labute approximate surface area is 117 Å². The molecule has 0 atom stereocenters. The summed E-state index contributed by atoms with van der Waals surface area (Å²) in [4.78, 5) is 24.4. The van der Waals surface area contributed by atoms with Crippen LogP contribution in [0.1, 0.15) is 5.56 Å². The van der Waals surface area contributed by atoms with Crippen LogP contribution in [0.2, 0.25) is 0 Å². The van der Waals surface area contributed by atoms with Gasteiger partial charge >= 0.3 is 12.1 Å². The van der Waals surface area contributed by atoms with E-state index in [1.54, 1.807) is 23.1 Å². The van der Waals surface area contributed by atoms with Gasteiger partial charge in [0.15, 0.2) is 0 Å². The van der Waals surface area contributed by atoms with E-state index in [4.69, 9.17) is 4.74 Å². The molecule has 0 bridgehead atoms. The molecule has 0 aromatic heterocycles. The quantitative estimate of drug-likeness (QED) is 0.807. The lowest BCUT2D eigenvalue weighted by atomic mass is 10.2. The summed E-state index contributed by atoms with van der Waals surface area (Å²) in [5, 5.41) is 5.33. The fourth-order valence-electron chi connectivity index (χ4n) is 1.82. The van der Waals surface area contributed by atoms with Crippen LogP contribution in [0.4, 0.5) is 15.3 Å². The molecule has 0 unspecified atom stereocenters. The third kappa shape index (κ3) is 3.74. The number of anilines is 1. The van der Waals surface area contributed by atoms with E-state index in [9.17, 15) is 9.59 Å². The second kappa shape index (κ2) is 6.60. The van der Waals surface area contributed by atoms with Gasteiger partial charge in [0.2, 0.25) is 0 Å². The van der Waals surface area contributed by atoms with Crippen molar-refractivity contribution in [3.8, 4) is 0 Å². The molecule has 0 aliphatic carbocycles. The predicted molar refractivity (Wildman–Crippen MR) is 75.4 cm³/mol. The molecule has 1 aromatic rings. The Morgan fingerprint density at radius 2 is 2.15 bits per heavy atom. The van der Waals surface area contributed by atoms with Crippen LogP contribution < -0.4 is 10.6 Å². The van der Waals surface area contributed by atoms with Crippen LogP contribution >= 0.6 is 0 Å². The van der Waals surface area contributed by atoms with E-state index < -0.39 is 0 Å². The van der Waals surface area contributed by atoms with E-state index in [-0.39, 0.29) is 12.1 Å². The number of cyclic esters (lactones) is 1. The summed E-state index contributed by atoms with van der Waals surface area (Å²) >= 11 is 0. The molecule has 0 radical (unpaired) electrons. The van der Waals surface area contributed by atoms with Gasteiger partial charge in [0, 0.05) is 18.8 Å². The lowest BCUT2D eigenvalue weighted by molar-refractivity contribution is 0.157. The van der Waals surface area contributed by atoms with E-state index in [1.165, 1.54) is 0 Å². The minimum Gasteiger partial charge on any atom is -0.448 e. The van der Waals surface area contributed by atoms with E-state index in [1.807, 2.05) is 12.1 Å². The number of carbonyl (C=O) groups excluding carboxylic acids is 2. The summed E-state index contributed by atoms with van der Waals surface area (Å²) < 4.78 is 4.87. The zero-order valence-corrected chi connectivity index (χ0v) is 11.1. The first-order chi connectivity index (χ1) is 9.69. The van der Waals surface area contributed by atoms with Crippen molar-refractivity contribution in [3.63, 3.8) is 0 Å². The molecule has 1 saturated heterocycles. The second-order valence-electron chi connectivity index (χ2n) is 4.36. The summed E-state index contributed by atoms with van der Waals surface area (Å²) in [5.41, 5.74) is 1.68. The van der Waals surface area contributed by atoms with Crippen molar-refractivity contribution in [2.45, 2.75) is 6.54 Å². The monoisotopic (exact) mass is 275 g/mol. The van der Waals surface area contributed by atoms with E-state index >= 15 is 0 Å². The molecule has 6 heteroatoms. The SMILES string of the molecule is C=CCNC(=O)Nc1ccc(CN2CCOC2=O)cc1. The highest BCUT2D eigenvalue weighted by molar-refractivity contribution is 5.89. The predicted octanol–water partition coefficient (Wildman–Crippen LogP) is 1.95. The molecule has 1 heterocycles. The summed E-state index contributed by atoms with van der Waals surface area (Å²) in [6.45, 7) is 5.51. The molecule has 20 heavy (non-hydrogen) atoms. The maximum Gasteiger partial charge on any atom is 0.410 e. The van der Waals surface area contributed by atoms with Crippen LogP contribution in [-0.4, -0.2) is 36.7 Å². The van der Waals surface area contributed by atoms with Crippen molar-refractivity contribution in [2.75, 3.05) is 25.0 Å². The molecule has 1 aliphatic rings. The van der Waals surface area contributed by atoms with Crippen LogP contribution in [0.25, 0.3) is 0 Å². The summed E-state index contributed by atoms with van der Waals surface area (Å²) in [6.07, 6.45) is 1.33. The average Bonchev–Trinajstić information content (AvgIpc) is 2.84. The lowest BCUT2D eigenvalue weighted by Gasteiger charge is -2.13. The normalized spacial score (nSPS) is 13.8. The number of nitrogens with one attached hydrogen (secondary N) is 2. The van der Waals surface area contributed by atoms with Crippen LogP contribution in [-0.2, 0) is 11.3 Å². The van der Waals surface area contributed by atoms with Gasteiger partial charge in [0.25, 0.3) is 0 Å². The van der Waals surface area contributed by atoms with Crippen molar-refractivity contribution in [2.24, 2.45) is 0 Å². The first-order valence-corrected chi connectivity index (χ1v) is 6.35. The molecule has 1 aromatic carbocycles. The highest BCUT2D eigenvalue weighted by atomic mass is 16.6. The first-order valence-electron chi connectivity index (χ1n) is 6.35. The zero-order valence-electron chi connectivity index (χ0n) is 11.1. The van der Waals surface area contributed by atoms with Crippen molar-refractivity contribution in [3.05, 3.63) is 42.5 Å². The molecule has 1 fully saturated rings.